The van der Waals surface area contributed by atoms with Crippen molar-refractivity contribution in [3.8, 4) is 0 Å². The Balaban J connectivity index is 1.90. The maximum atomic E-state index is 12.3. The Kier molecular flexibility index (Phi) is 4.25. The molecule has 2 atom stereocenters. The van der Waals surface area contributed by atoms with Gasteiger partial charge in [-0.25, -0.2) is 0 Å². The fraction of sp³-hybridized carbons (Fsp3) is 0.857. The van der Waals surface area contributed by atoms with Crippen molar-refractivity contribution >= 4 is 11.9 Å². The van der Waals surface area contributed by atoms with Crippen LogP contribution in [0.3, 0.4) is 0 Å². The van der Waals surface area contributed by atoms with Gasteiger partial charge in [-0.15, -0.1) is 0 Å². The molecule has 0 bridgehead atoms. The molecule has 4 nitrogen and oxygen atoms in total. The zero-order valence-corrected chi connectivity index (χ0v) is 11.1. The molecule has 2 aliphatic rings. The number of nitrogens with zero attached hydrogens (tertiary/aromatic N) is 1. The lowest BCUT2D eigenvalue weighted by Crippen LogP contribution is -2.38. The van der Waals surface area contributed by atoms with Crippen LogP contribution in [0, 0.1) is 17.8 Å². The lowest BCUT2D eigenvalue weighted by Gasteiger charge is -2.25. The molecule has 0 aromatic carbocycles. The molecule has 0 aliphatic heterocycles. The molecule has 2 saturated carbocycles. The van der Waals surface area contributed by atoms with Gasteiger partial charge in [0.25, 0.3) is 0 Å². The van der Waals surface area contributed by atoms with Gasteiger partial charge in [-0.3, -0.25) is 9.59 Å². The second-order valence-corrected chi connectivity index (χ2v) is 5.85. The summed E-state index contributed by atoms with van der Waals surface area (Å²) in [6.45, 7) is 0.807. The Labute approximate surface area is 108 Å². The molecule has 2 fully saturated rings. The summed E-state index contributed by atoms with van der Waals surface area (Å²) in [7, 11) is 1.83. The van der Waals surface area contributed by atoms with E-state index in [0.717, 1.165) is 19.4 Å². The normalized spacial score (nSPS) is 28.5. The van der Waals surface area contributed by atoms with E-state index < -0.39 is 11.9 Å². The Bertz CT molecular complexity index is 323. The van der Waals surface area contributed by atoms with E-state index in [-0.39, 0.29) is 11.8 Å². The van der Waals surface area contributed by atoms with Crippen molar-refractivity contribution in [1.82, 2.24) is 4.90 Å². The monoisotopic (exact) mass is 253 g/mol. The number of carboxylic acids is 1. The van der Waals surface area contributed by atoms with Crippen molar-refractivity contribution in [1.29, 1.82) is 0 Å². The smallest absolute Gasteiger partial charge is 0.307 e. The topological polar surface area (TPSA) is 57.6 Å². The molecule has 4 heteroatoms. The minimum atomic E-state index is -0.805. The molecule has 0 saturated heterocycles. The predicted octanol–water partition coefficient (Wildman–Crippen LogP) is 2.14. The largest absolute Gasteiger partial charge is 0.481 e. The van der Waals surface area contributed by atoms with Crippen LogP contribution in [0.1, 0.15) is 44.9 Å². The predicted molar refractivity (Wildman–Crippen MR) is 68.1 cm³/mol. The molecular weight excluding hydrogens is 230 g/mol. The summed E-state index contributed by atoms with van der Waals surface area (Å²) in [5.41, 5.74) is 0. The number of aliphatic carboxylic acids is 1. The number of amides is 1. The third-order valence-electron chi connectivity index (χ3n) is 4.53. The van der Waals surface area contributed by atoms with E-state index >= 15 is 0 Å². The Hall–Kier alpha value is -1.06. The van der Waals surface area contributed by atoms with Crippen LogP contribution < -0.4 is 0 Å². The summed E-state index contributed by atoms with van der Waals surface area (Å²) in [6, 6.07) is 0. The van der Waals surface area contributed by atoms with E-state index in [1.807, 2.05) is 7.05 Å². The molecule has 1 N–H and O–H groups in total. The fourth-order valence-corrected chi connectivity index (χ4v) is 3.50. The van der Waals surface area contributed by atoms with Crippen LogP contribution in [0.5, 0.6) is 0 Å². The lowest BCUT2D eigenvalue weighted by molar-refractivity contribution is -0.148. The van der Waals surface area contributed by atoms with Gasteiger partial charge in [-0.1, -0.05) is 19.3 Å². The van der Waals surface area contributed by atoms with E-state index in [1.165, 1.54) is 25.7 Å². The molecule has 1 amide bonds. The number of carbonyl (C=O) groups is 2. The summed E-state index contributed by atoms with van der Waals surface area (Å²) in [5, 5.41) is 9.13. The van der Waals surface area contributed by atoms with Gasteiger partial charge in [0.1, 0.15) is 0 Å². The molecule has 0 spiro atoms. The van der Waals surface area contributed by atoms with Crippen LogP contribution >= 0.6 is 0 Å². The standard InChI is InChI=1S/C14H23NO3/c1-15(9-10-5-2-3-6-10)13(16)11-7-4-8-12(11)14(17)18/h10-12H,2-9H2,1H3,(H,17,18). The van der Waals surface area contributed by atoms with Crippen LogP contribution in [0.25, 0.3) is 0 Å². The van der Waals surface area contributed by atoms with Crippen LogP contribution in [-0.4, -0.2) is 35.5 Å². The van der Waals surface area contributed by atoms with Gasteiger partial charge in [0, 0.05) is 13.6 Å². The second kappa shape index (κ2) is 5.72. The molecule has 0 heterocycles. The molecular formula is C14H23NO3. The molecule has 0 radical (unpaired) electrons. The van der Waals surface area contributed by atoms with Crippen molar-refractivity contribution in [2.24, 2.45) is 17.8 Å². The second-order valence-electron chi connectivity index (χ2n) is 5.85. The third kappa shape index (κ3) is 2.85. The highest BCUT2D eigenvalue weighted by atomic mass is 16.4. The summed E-state index contributed by atoms with van der Waals surface area (Å²) in [4.78, 5) is 25.2. The van der Waals surface area contributed by atoms with Crippen molar-refractivity contribution in [2.75, 3.05) is 13.6 Å². The summed E-state index contributed by atoms with van der Waals surface area (Å²) < 4.78 is 0. The van der Waals surface area contributed by atoms with Gasteiger partial charge < -0.3 is 10.0 Å². The first-order valence-corrected chi connectivity index (χ1v) is 7.07. The summed E-state index contributed by atoms with van der Waals surface area (Å²) in [5.74, 6) is -0.868. The van der Waals surface area contributed by atoms with E-state index in [9.17, 15) is 9.59 Å². The van der Waals surface area contributed by atoms with Gasteiger partial charge in [-0.05, 0) is 31.6 Å². The first-order valence-electron chi connectivity index (χ1n) is 7.07. The van der Waals surface area contributed by atoms with Crippen LogP contribution in [0.15, 0.2) is 0 Å². The van der Waals surface area contributed by atoms with Gasteiger partial charge in [0.2, 0.25) is 5.91 Å². The molecule has 2 unspecified atom stereocenters. The van der Waals surface area contributed by atoms with Crippen molar-refractivity contribution in [3.05, 3.63) is 0 Å². The van der Waals surface area contributed by atoms with E-state index in [0.29, 0.717) is 12.3 Å². The molecule has 2 aliphatic carbocycles. The zero-order chi connectivity index (χ0) is 13.1. The Morgan fingerprint density at radius 3 is 2.28 bits per heavy atom. The highest BCUT2D eigenvalue weighted by Gasteiger charge is 2.39. The quantitative estimate of drug-likeness (QED) is 0.835. The number of hydrogen-bond acceptors (Lipinski definition) is 2. The highest BCUT2D eigenvalue weighted by Crippen LogP contribution is 2.34. The van der Waals surface area contributed by atoms with Crippen LogP contribution in [0.2, 0.25) is 0 Å². The van der Waals surface area contributed by atoms with Crippen molar-refractivity contribution < 1.29 is 14.7 Å². The van der Waals surface area contributed by atoms with E-state index in [1.54, 1.807) is 4.90 Å². The summed E-state index contributed by atoms with van der Waals surface area (Å²) in [6.07, 6.45) is 7.23. The zero-order valence-electron chi connectivity index (χ0n) is 11.1. The summed E-state index contributed by atoms with van der Waals surface area (Å²) >= 11 is 0. The average Bonchev–Trinajstić information content (AvgIpc) is 2.97. The molecule has 102 valence electrons. The fourth-order valence-electron chi connectivity index (χ4n) is 3.50. The minimum Gasteiger partial charge on any atom is -0.481 e. The Morgan fingerprint density at radius 1 is 1.06 bits per heavy atom. The van der Waals surface area contributed by atoms with Gasteiger partial charge in [0.15, 0.2) is 0 Å². The van der Waals surface area contributed by atoms with E-state index in [2.05, 4.69) is 0 Å². The molecule has 18 heavy (non-hydrogen) atoms. The Morgan fingerprint density at radius 2 is 1.67 bits per heavy atom. The van der Waals surface area contributed by atoms with Crippen molar-refractivity contribution in [2.45, 2.75) is 44.9 Å². The van der Waals surface area contributed by atoms with Crippen molar-refractivity contribution in [3.63, 3.8) is 0 Å². The number of rotatable bonds is 4. The number of carbonyl (C=O) groups excluding carboxylic acids is 1. The maximum absolute atomic E-state index is 12.3. The number of carboxylic acid groups (broad SMARTS) is 1. The van der Waals surface area contributed by atoms with Gasteiger partial charge >= 0.3 is 5.97 Å². The first-order chi connectivity index (χ1) is 8.59. The lowest BCUT2D eigenvalue weighted by atomic mass is 9.94. The first kappa shape index (κ1) is 13.4. The molecule has 2 rings (SSSR count). The van der Waals surface area contributed by atoms with Crippen LogP contribution in [-0.2, 0) is 9.59 Å². The van der Waals surface area contributed by atoms with Gasteiger partial charge in [0.05, 0.1) is 11.8 Å². The molecule has 0 aromatic rings. The highest BCUT2D eigenvalue weighted by molar-refractivity contribution is 5.85. The maximum Gasteiger partial charge on any atom is 0.307 e. The SMILES string of the molecule is CN(CC1CCCC1)C(=O)C1CCCC1C(=O)O. The number of hydrogen-bond donors (Lipinski definition) is 1. The third-order valence-corrected chi connectivity index (χ3v) is 4.53. The van der Waals surface area contributed by atoms with Gasteiger partial charge in [-0.2, -0.15) is 0 Å². The average molecular weight is 253 g/mol. The molecule has 0 aromatic heterocycles. The minimum absolute atomic E-state index is 0.0480. The van der Waals surface area contributed by atoms with E-state index in [4.69, 9.17) is 5.11 Å². The van der Waals surface area contributed by atoms with Crippen LogP contribution in [0.4, 0.5) is 0 Å².